The van der Waals surface area contributed by atoms with E-state index in [2.05, 4.69) is 4.67 Å². The molecule has 0 fully saturated rings. The van der Waals surface area contributed by atoms with E-state index in [-0.39, 0.29) is 41.2 Å². The number of carbonyl (C=O) groups is 2. The molecule has 0 aliphatic heterocycles. The Morgan fingerprint density at radius 2 is 1.75 bits per heavy atom. The van der Waals surface area contributed by atoms with Gasteiger partial charge in [0.15, 0.2) is 0 Å². The molecule has 0 aliphatic rings. The molecule has 126 valence electrons. The normalized spacial score (nSPS) is 10.2. The molecular weight excluding hydrogens is 478 g/mol. The Balaban J connectivity index is -0.0000000552. The quantitative estimate of drug-likeness (QED) is 0.268. The number of hydrogen-bond donors (Lipinski definition) is 3. The second kappa shape index (κ2) is 20.8. The molecule has 0 amide bonds. The van der Waals surface area contributed by atoms with Crippen LogP contribution in [0.4, 0.5) is 0 Å². The number of carboxylic acids is 2. The third kappa shape index (κ3) is 26.2. The van der Waals surface area contributed by atoms with Crippen molar-refractivity contribution in [2.45, 2.75) is 32.6 Å². The summed E-state index contributed by atoms with van der Waals surface area (Å²) in [6.07, 6.45) is 1.85. The van der Waals surface area contributed by atoms with Crippen molar-refractivity contribution in [3.8, 4) is 0 Å². The van der Waals surface area contributed by atoms with Crippen molar-refractivity contribution in [1.29, 1.82) is 0 Å². The fraction of sp³-hybridized carbons (Fsp3) is 0.750. The first-order valence-electron chi connectivity index (χ1n) is 4.75. The van der Waals surface area contributed by atoms with E-state index in [1.165, 1.54) is 0 Å². The van der Waals surface area contributed by atoms with Gasteiger partial charge in [-0.3, -0.25) is 9.59 Å². The van der Waals surface area contributed by atoms with Crippen molar-refractivity contribution in [3.05, 3.63) is 12.3 Å². The smallest absolute Gasteiger partial charge is 0.693 e. The molecular formula is C8H21N2O8PPt. The van der Waals surface area contributed by atoms with Crippen molar-refractivity contribution in [2.75, 3.05) is 0 Å². The molecule has 2 unspecified atom stereocenters. The van der Waals surface area contributed by atoms with Gasteiger partial charge in [0.25, 0.3) is 0 Å². The number of nitrogens with two attached hydrogens (primary N) is 2. The van der Waals surface area contributed by atoms with E-state index in [1.807, 2.05) is 6.92 Å². The zero-order chi connectivity index (χ0) is 13.8. The maximum atomic E-state index is 10.5. The monoisotopic (exact) mass is 499 g/mol. The molecule has 0 aromatic rings. The van der Waals surface area contributed by atoms with E-state index in [0.717, 1.165) is 12.8 Å². The summed E-state index contributed by atoms with van der Waals surface area (Å²) in [5.41, 5.74) is 0. The summed E-state index contributed by atoms with van der Waals surface area (Å²) in [6.45, 7) is 1.94. The van der Waals surface area contributed by atoms with Crippen LogP contribution in [0.1, 0.15) is 34.0 Å². The molecule has 0 saturated carbocycles. The topological polar surface area (TPSA) is 211 Å². The Morgan fingerprint density at radius 3 is 1.95 bits per heavy atom. The van der Waals surface area contributed by atoms with Crippen LogP contribution in [0.2, 0.25) is 0 Å². The van der Waals surface area contributed by atoms with Gasteiger partial charge in [0.2, 0.25) is 0 Å². The van der Waals surface area contributed by atoms with Gasteiger partial charge in [0.1, 0.15) is 0 Å². The minimum absolute atomic E-state index is 0. The van der Waals surface area contributed by atoms with Gasteiger partial charge >= 0.3 is 41.3 Å². The SMILES string of the molecule is CCCCC(CC(=O)O)C(=O)O.O=[P+]([O-])OO.[HH].[NH2-].[NH2-].[Pt+2]. The largest absolute Gasteiger partial charge is 2.00 e. The first-order chi connectivity index (χ1) is 7.84. The summed E-state index contributed by atoms with van der Waals surface area (Å²) in [5.74, 6) is -2.77. The predicted octanol–water partition coefficient (Wildman–Crippen LogP) is 2.52. The van der Waals surface area contributed by atoms with Gasteiger partial charge in [-0.2, -0.15) is 0 Å². The van der Waals surface area contributed by atoms with Gasteiger partial charge in [0.05, 0.1) is 12.3 Å². The molecule has 7 N–H and O–H groups in total. The Kier molecular flexibility index (Phi) is 33.1. The molecule has 20 heavy (non-hydrogen) atoms. The Labute approximate surface area is 133 Å². The fourth-order valence-corrected chi connectivity index (χ4v) is 0.974. The average molecular weight is 499 g/mol. The van der Waals surface area contributed by atoms with Crippen LogP contribution in [0.3, 0.4) is 0 Å². The third-order valence-electron chi connectivity index (χ3n) is 1.74. The van der Waals surface area contributed by atoms with Crippen LogP contribution in [-0.4, -0.2) is 27.4 Å². The third-order valence-corrected chi connectivity index (χ3v) is 1.88. The van der Waals surface area contributed by atoms with E-state index >= 15 is 0 Å². The average Bonchev–Trinajstić information content (AvgIpc) is 2.24. The molecule has 0 aromatic heterocycles. The number of aliphatic carboxylic acids is 2. The molecule has 0 saturated heterocycles. The maximum absolute atomic E-state index is 10.5. The molecule has 0 aliphatic carbocycles. The molecule has 0 heterocycles. The number of rotatable bonds is 7. The number of carboxylic acid groups (broad SMARTS) is 2. The zero-order valence-electron chi connectivity index (χ0n) is 10.7. The summed E-state index contributed by atoms with van der Waals surface area (Å²) in [7, 11) is -3.04. The van der Waals surface area contributed by atoms with E-state index in [0.29, 0.717) is 6.42 Å². The standard InChI is InChI=1S/C8H14O4.2H2N.HO4P.Pt.H2/c1-2-3-4-6(8(11)12)5-7(9)10;;;1-4-5(2)3;;/h6H,2-5H2,1H3,(H,9,10)(H,11,12);2*1H2;1H;;1H/q;2*-1;;+2;. The summed E-state index contributed by atoms with van der Waals surface area (Å²) in [5, 5.41) is 24.0. The number of unbranched alkanes of at least 4 members (excludes halogenated alkanes) is 1. The van der Waals surface area contributed by atoms with Crippen LogP contribution in [0.25, 0.3) is 12.3 Å². The predicted molar refractivity (Wildman–Crippen MR) is 66.9 cm³/mol. The molecule has 12 heteroatoms. The van der Waals surface area contributed by atoms with Crippen molar-refractivity contribution >= 4 is 20.2 Å². The summed E-state index contributed by atoms with van der Waals surface area (Å²) in [4.78, 5) is 29.6. The Morgan fingerprint density at radius 1 is 1.35 bits per heavy atom. The molecule has 0 radical (unpaired) electrons. The van der Waals surface area contributed by atoms with E-state index in [4.69, 9.17) is 24.9 Å². The van der Waals surface area contributed by atoms with Gasteiger partial charge in [-0.1, -0.05) is 19.8 Å². The second-order valence-electron chi connectivity index (χ2n) is 3.08. The maximum Gasteiger partial charge on any atom is 2.00 e. The van der Waals surface area contributed by atoms with Crippen molar-refractivity contribution in [2.24, 2.45) is 5.92 Å². The minimum Gasteiger partial charge on any atom is -0.693 e. The van der Waals surface area contributed by atoms with Crippen LogP contribution in [-0.2, 0) is 39.9 Å². The first kappa shape index (κ1) is 31.8. The van der Waals surface area contributed by atoms with Crippen molar-refractivity contribution < 1.29 is 61.7 Å². The van der Waals surface area contributed by atoms with Crippen molar-refractivity contribution in [1.82, 2.24) is 0 Å². The van der Waals surface area contributed by atoms with Crippen LogP contribution < -0.4 is 4.89 Å². The number of hydrogen-bond acceptors (Lipinski definition) is 6. The van der Waals surface area contributed by atoms with E-state index in [9.17, 15) is 9.59 Å². The van der Waals surface area contributed by atoms with Gasteiger partial charge in [-0.15, -0.1) is 0 Å². The first-order valence-corrected chi connectivity index (χ1v) is 5.85. The van der Waals surface area contributed by atoms with Gasteiger partial charge in [-0.25, -0.2) is 5.26 Å². The summed E-state index contributed by atoms with van der Waals surface area (Å²) < 4.78 is 11.6. The molecule has 0 rings (SSSR count). The summed E-state index contributed by atoms with van der Waals surface area (Å²) in [6, 6.07) is 0. The van der Waals surface area contributed by atoms with Crippen LogP contribution in [0, 0.1) is 5.92 Å². The van der Waals surface area contributed by atoms with Crippen molar-refractivity contribution in [3.63, 3.8) is 0 Å². The zero-order valence-corrected chi connectivity index (χ0v) is 13.9. The molecule has 0 aromatic carbocycles. The Bertz CT molecular complexity index is 275. The Hall–Kier alpha value is -0.472. The van der Waals surface area contributed by atoms with E-state index in [1.54, 1.807) is 0 Å². The second-order valence-corrected chi connectivity index (χ2v) is 3.69. The summed E-state index contributed by atoms with van der Waals surface area (Å²) >= 11 is 0. The fourth-order valence-electron chi connectivity index (χ4n) is 0.974. The molecule has 0 spiro atoms. The van der Waals surface area contributed by atoms with Gasteiger partial charge in [-0.05, 0) is 11.0 Å². The van der Waals surface area contributed by atoms with Gasteiger partial charge < -0.3 is 27.4 Å². The minimum atomic E-state index is -3.04. The molecule has 0 bridgehead atoms. The van der Waals surface area contributed by atoms with Crippen LogP contribution in [0.15, 0.2) is 0 Å². The molecule has 10 nitrogen and oxygen atoms in total. The van der Waals surface area contributed by atoms with E-state index < -0.39 is 26.1 Å². The van der Waals surface area contributed by atoms with Crippen LogP contribution >= 0.6 is 8.25 Å². The molecule has 2 atom stereocenters. The van der Waals surface area contributed by atoms with Gasteiger partial charge in [0, 0.05) is 6.10 Å². The van der Waals surface area contributed by atoms with Crippen LogP contribution in [0.5, 0.6) is 0 Å².